The van der Waals surface area contributed by atoms with Crippen LogP contribution < -0.4 is 20.3 Å². The zero-order valence-electron chi connectivity index (χ0n) is 17.0. The van der Waals surface area contributed by atoms with Crippen LogP contribution in [-0.4, -0.2) is 45.8 Å². The lowest BCUT2D eigenvalue weighted by Crippen LogP contribution is -2.38. The van der Waals surface area contributed by atoms with E-state index in [4.69, 9.17) is 9.73 Å². The highest BCUT2D eigenvalue weighted by molar-refractivity contribution is 5.79. The van der Waals surface area contributed by atoms with E-state index in [9.17, 15) is 0 Å². The Labute approximate surface area is 168 Å². The van der Waals surface area contributed by atoms with E-state index in [0.717, 1.165) is 50.9 Å². The van der Waals surface area contributed by atoms with Gasteiger partial charge < -0.3 is 20.3 Å². The number of nitrogens with zero attached hydrogens (tertiary/aromatic N) is 2. The molecule has 150 valence electrons. The molecule has 2 N–H and O–H groups in total. The van der Waals surface area contributed by atoms with Crippen LogP contribution in [0, 0.1) is 5.92 Å². The maximum absolute atomic E-state index is 5.43. The van der Waals surface area contributed by atoms with E-state index >= 15 is 0 Å². The van der Waals surface area contributed by atoms with Crippen molar-refractivity contribution in [1.29, 1.82) is 0 Å². The lowest BCUT2D eigenvalue weighted by Gasteiger charge is -2.18. The number of ether oxygens (including phenoxy) is 1. The average Bonchev–Trinajstić information content (AvgIpc) is 3.22. The summed E-state index contributed by atoms with van der Waals surface area (Å²) in [5, 5.41) is 6.82. The van der Waals surface area contributed by atoms with Crippen LogP contribution in [0.15, 0.2) is 59.6 Å². The van der Waals surface area contributed by atoms with Gasteiger partial charge in [-0.05, 0) is 49.4 Å². The van der Waals surface area contributed by atoms with Crippen LogP contribution in [-0.2, 0) is 6.42 Å². The number of aliphatic imine (C=N–C) groups is 1. The van der Waals surface area contributed by atoms with Crippen LogP contribution in [0.25, 0.3) is 0 Å². The van der Waals surface area contributed by atoms with Crippen molar-refractivity contribution in [3.05, 3.63) is 60.2 Å². The normalized spacial score (nSPS) is 16.9. The molecule has 1 fully saturated rings. The van der Waals surface area contributed by atoms with E-state index in [0.29, 0.717) is 5.92 Å². The minimum atomic E-state index is 0.602. The van der Waals surface area contributed by atoms with Crippen LogP contribution in [0.2, 0.25) is 0 Å². The van der Waals surface area contributed by atoms with Crippen molar-refractivity contribution in [2.75, 3.05) is 44.7 Å². The van der Waals surface area contributed by atoms with Crippen molar-refractivity contribution in [1.82, 2.24) is 10.6 Å². The number of hydrogen-bond donors (Lipinski definition) is 2. The standard InChI is InChI=1S/C23H32N4O/c1-3-24-23(25-15-13-20-9-7-8-12-22(20)28-2)26-17-19-14-16-27(18-19)21-10-5-4-6-11-21/h4-12,19H,3,13-18H2,1-2H3,(H2,24,25,26). The number of methoxy groups -OCH3 is 1. The van der Waals surface area contributed by atoms with Gasteiger partial charge in [0.2, 0.25) is 0 Å². The molecule has 0 aromatic heterocycles. The highest BCUT2D eigenvalue weighted by Crippen LogP contribution is 2.23. The molecule has 0 bridgehead atoms. The van der Waals surface area contributed by atoms with Crippen molar-refractivity contribution in [3.8, 4) is 5.75 Å². The summed E-state index contributed by atoms with van der Waals surface area (Å²) in [7, 11) is 1.72. The number of nitrogens with one attached hydrogen (secondary N) is 2. The van der Waals surface area contributed by atoms with Crippen molar-refractivity contribution in [3.63, 3.8) is 0 Å². The zero-order chi connectivity index (χ0) is 19.6. The lowest BCUT2D eigenvalue weighted by atomic mass is 10.1. The fourth-order valence-electron chi connectivity index (χ4n) is 3.64. The van der Waals surface area contributed by atoms with Crippen LogP contribution in [0.1, 0.15) is 18.9 Å². The second kappa shape index (κ2) is 10.6. The Hall–Kier alpha value is -2.69. The van der Waals surface area contributed by atoms with Gasteiger partial charge in [0.1, 0.15) is 5.75 Å². The van der Waals surface area contributed by atoms with Gasteiger partial charge in [0.05, 0.1) is 7.11 Å². The molecule has 1 atom stereocenters. The predicted octanol–water partition coefficient (Wildman–Crippen LogP) is 3.32. The first-order valence-electron chi connectivity index (χ1n) is 10.2. The second-order valence-corrected chi connectivity index (χ2v) is 7.14. The third kappa shape index (κ3) is 5.65. The molecule has 28 heavy (non-hydrogen) atoms. The summed E-state index contributed by atoms with van der Waals surface area (Å²) in [5.74, 6) is 2.44. The molecule has 0 saturated carbocycles. The fourth-order valence-corrected chi connectivity index (χ4v) is 3.64. The first-order valence-corrected chi connectivity index (χ1v) is 10.2. The van der Waals surface area contributed by atoms with Gasteiger partial charge in [-0.15, -0.1) is 0 Å². The molecule has 0 aliphatic carbocycles. The Kier molecular flexibility index (Phi) is 7.59. The van der Waals surface area contributed by atoms with Crippen molar-refractivity contribution >= 4 is 11.6 Å². The molecule has 5 nitrogen and oxygen atoms in total. The predicted molar refractivity (Wildman–Crippen MR) is 117 cm³/mol. The number of anilines is 1. The van der Waals surface area contributed by atoms with Gasteiger partial charge in [-0.2, -0.15) is 0 Å². The third-order valence-corrected chi connectivity index (χ3v) is 5.14. The summed E-state index contributed by atoms with van der Waals surface area (Å²) >= 11 is 0. The van der Waals surface area contributed by atoms with E-state index in [1.807, 2.05) is 12.1 Å². The number of guanidine groups is 1. The maximum atomic E-state index is 5.43. The largest absolute Gasteiger partial charge is 0.496 e. The van der Waals surface area contributed by atoms with Crippen LogP contribution in [0.4, 0.5) is 5.69 Å². The Balaban J connectivity index is 1.49. The Morgan fingerprint density at radius 1 is 1.11 bits per heavy atom. The molecule has 1 saturated heterocycles. The molecule has 1 aliphatic heterocycles. The number of benzene rings is 2. The summed E-state index contributed by atoms with van der Waals surface area (Å²) < 4.78 is 5.43. The monoisotopic (exact) mass is 380 g/mol. The minimum absolute atomic E-state index is 0.602. The molecule has 2 aromatic rings. The zero-order valence-corrected chi connectivity index (χ0v) is 17.0. The van der Waals surface area contributed by atoms with Crippen molar-refractivity contribution < 1.29 is 4.74 Å². The summed E-state index contributed by atoms with van der Waals surface area (Å²) in [5.41, 5.74) is 2.53. The first-order chi connectivity index (χ1) is 13.8. The van der Waals surface area contributed by atoms with Gasteiger partial charge >= 0.3 is 0 Å². The van der Waals surface area contributed by atoms with Gasteiger partial charge in [0.15, 0.2) is 5.96 Å². The van der Waals surface area contributed by atoms with Gasteiger partial charge in [-0.25, -0.2) is 0 Å². The van der Waals surface area contributed by atoms with Gasteiger partial charge in [0, 0.05) is 38.4 Å². The van der Waals surface area contributed by atoms with E-state index < -0.39 is 0 Å². The molecule has 2 aromatic carbocycles. The molecule has 1 unspecified atom stereocenters. The topological polar surface area (TPSA) is 48.9 Å². The maximum Gasteiger partial charge on any atom is 0.191 e. The molecule has 3 rings (SSSR count). The van der Waals surface area contributed by atoms with Crippen molar-refractivity contribution in [2.45, 2.75) is 19.8 Å². The average molecular weight is 381 g/mol. The van der Waals surface area contributed by atoms with Crippen LogP contribution in [0.3, 0.4) is 0 Å². The van der Waals surface area contributed by atoms with Gasteiger partial charge in [-0.1, -0.05) is 36.4 Å². The van der Waals surface area contributed by atoms with E-state index in [1.165, 1.54) is 17.7 Å². The van der Waals surface area contributed by atoms with Crippen LogP contribution >= 0.6 is 0 Å². The second-order valence-electron chi connectivity index (χ2n) is 7.14. The van der Waals surface area contributed by atoms with E-state index in [2.05, 4.69) is 64.9 Å². The smallest absolute Gasteiger partial charge is 0.191 e. The van der Waals surface area contributed by atoms with Crippen LogP contribution in [0.5, 0.6) is 5.75 Å². The summed E-state index contributed by atoms with van der Waals surface area (Å²) in [6.45, 7) is 6.84. The Morgan fingerprint density at radius 3 is 2.68 bits per heavy atom. The summed E-state index contributed by atoms with van der Waals surface area (Å²) in [6, 6.07) is 18.8. The highest BCUT2D eigenvalue weighted by Gasteiger charge is 2.22. The molecular weight excluding hydrogens is 348 g/mol. The van der Waals surface area contributed by atoms with Gasteiger partial charge in [0.25, 0.3) is 0 Å². The first kappa shape index (κ1) is 20.1. The molecular formula is C23H32N4O. The minimum Gasteiger partial charge on any atom is -0.496 e. The number of rotatable bonds is 8. The Bertz CT molecular complexity index is 747. The Morgan fingerprint density at radius 2 is 1.89 bits per heavy atom. The van der Waals surface area contributed by atoms with Crippen molar-refractivity contribution in [2.24, 2.45) is 10.9 Å². The molecule has 0 spiro atoms. The third-order valence-electron chi connectivity index (χ3n) is 5.14. The summed E-state index contributed by atoms with van der Waals surface area (Å²) in [4.78, 5) is 7.29. The highest BCUT2D eigenvalue weighted by atomic mass is 16.5. The fraction of sp³-hybridized carbons (Fsp3) is 0.435. The quantitative estimate of drug-likeness (QED) is 0.545. The van der Waals surface area contributed by atoms with E-state index in [1.54, 1.807) is 7.11 Å². The molecule has 1 aliphatic rings. The number of hydrogen-bond acceptors (Lipinski definition) is 3. The molecule has 0 radical (unpaired) electrons. The van der Waals surface area contributed by atoms with E-state index in [-0.39, 0.29) is 0 Å². The SMILES string of the molecule is CCNC(=NCC1CCN(c2ccccc2)C1)NCCc1ccccc1OC. The molecule has 5 heteroatoms. The summed E-state index contributed by atoms with van der Waals surface area (Å²) in [6.07, 6.45) is 2.10. The van der Waals surface area contributed by atoms with Gasteiger partial charge in [-0.3, -0.25) is 4.99 Å². The number of para-hydroxylation sites is 2. The molecule has 0 amide bonds. The molecule has 1 heterocycles. The lowest BCUT2D eigenvalue weighted by molar-refractivity contribution is 0.409.